The quantitative estimate of drug-likeness (QED) is 0.516. The minimum absolute atomic E-state index is 0.151. The molecule has 0 aromatic carbocycles. The molecule has 0 unspecified atom stereocenters. The van der Waals surface area contributed by atoms with Crippen molar-refractivity contribution < 1.29 is 4.52 Å². The molecule has 0 saturated carbocycles. The van der Waals surface area contributed by atoms with Gasteiger partial charge in [0, 0.05) is 43.8 Å². The molecule has 1 fully saturated rings. The molecule has 1 saturated heterocycles. The number of pyridine rings is 1. The minimum atomic E-state index is 0.151. The van der Waals surface area contributed by atoms with Crippen molar-refractivity contribution in [3.63, 3.8) is 0 Å². The third-order valence-corrected chi connectivity index (χ3v) is 5.73. The largest absolute Gasteiger partial charge is 0.379 e. The van der Waals surface area contributed by atoms with Gasteiger partial charge in [0.1, 0.15) is 11.7 Å². The van der Waals surface area contributed by atoms with Gasteiger partial charge in [-0.1, -0.05) is 12.1 Å². The number of piperidine rings is 1. The van der Waals surface area contributed by atoms with Gasteiger partial charge in [0.25, 0.3) is 0 Å². The molecule has 0 amide bonds. The Kier molecular flexibility index (Phi) is 4.71. The maximum Gasteiger partial charge on any atom is 0.223 e. The summed E-state index contributed by atoms with van der Waals surface area (Å²) in [5.41, 5.74) is 2.84. The summed E-state index contributed by atoms with van der Waals surface area (Å²) in [5.74, 6) is 2.22. The average Bonchev–Trinajstić information content (AvgIpc) is 3.44. The van der Waals surface area contributed by atoms with E-state index in [9.17, 15) is 0 Å². The van der Waals surface area contributed by atoms with Crippen molar-refractivity contribution >= 4 is 22.5 Å². The number of aromatic amines is 1. The molecule has 0 radical (unpaired) electrons. The zero-order chi connectivity index (χ0) is 21.4. The van der Waals surface area contributed by atoms with Gasteiger partial charge >= 0.3 is 0 Å². The molecule has 0 aliphatic carbocycles. The van der Waals surface area contributed by atoms with E-state index >= 15 is 0 Å². The van der Waals surface area contributed by atoms with Crippen molar-refractivity contribution in [2.24, 2.45) is 5.92 Å². The van der Waals surface area contributed by atoms with Crippen LogP contribution in [0.4, 0.5) is 11.5 Å². The molecule has 1 aliphatic rings. The Balaban J connectivity index is 1.47. The second-order valence-electron chi connectivity index (χ2n) is 7.78. The number of hydrogen-bond donors (Lipinski definition) is 2. The van der Waals surface area contributed by atoms with Crippen LogP contribution in [0.2, 0.25) is 0 Å². The molecule has 0 bridgehead atoms. The first kappa shape index (κ1) is 19.0. The van der Waals surface area contributed by atoms with Crippen LogP contribution < -0.4 is 10.2 Å². The second-order valence-corrected chi connectivity index (χ2v) is 7.78. The summed E-state index contributed by atoms with van der Waals surface area (Å²) in [6, 6.07) is 7.71. The van der Waals surface area contributed by atoms with E-state index in [4.69, 9.17) is 9.78 Å². The SMILES string of the molecule is Cc1nc(-c2cnc3[nH]ccc3c2N[C@H]2CN(c3ccc(C#N)nn3)CC[C@H]2C)no1. The highest BCUT2D eigenvalue weighted by atomic mass is 16.5. The van der Waals surface area contributed by atoms with E-state index in [0.717, 1.165) is 47.6 Å². The van der Waals surface area contributed by atoms with Crippen molar-refractivity contribution in [1.29, 1.82) is 5.26 Å². The fourth-order valence-electron chi connectivity index (χ4n) is 3.95. The van der Waals surface area contributed by atoms with E-state index < -0.39 is 0 Å². The number of aryl methyl sites for hydroxylation is 1. The summed E-state index contributed by atoms with van der Waals surface area (Å²) in [5, 5.41) is 26.0. The first-order valence-electron chi connectivity index (χ1n) is 10.1. The molecule has 5 rings (SSSR count). The summed E-state index contributed by atoms with van der Waals surface area (Å²) in [6.07, 6.45) is 4.64. The van der Waals surface area contributed by atoms with E-state index in [1.807, 2.05) is 24.4 Å². The number of H-pyrrole nitrogens is 1. The Morgan fingerprint density at radius 1 is 1.29 bits per heavy atom. The predicted octanol–water partition coefficient (Wildman–Crippen LogP) is 2.91. The van der Waals surface area contributed by atoms with Crippen LogP contribution in [0.3, 0.4) is 0 Å². The molecule has 10 nitrogen and oxygen atoms in total. The van der Waals surface area contributed by atoms with Gasteiger partial charge in [0.15, 0.2) is 11.5 Å². The second kappa shape index (κ2) is 7.68. The van der Waals surface area contributed by atoms with E-state index in [2.05, 4.69) is 47.4 Å². The van der Waals surface area contributed by atoms with Gasteiger partial charge in [-0.15, -0.1) is 10.2 Å². The van der Waals surface area contributed by atoms with Gasteiger partial charge in [0.05, 0.1) is 11.3 Å². The average molecular weight is 415 g/mol. The molecule has 4 aromatic rings. The lowest BCUT2D eigenvalue weighted by molar-refractivity contribution is 0.394. The standard InChI is InChI=1S/C21H21N9O/c1-12-6-8-30(18-4-3-14(9-22)27-28-18)11-17(12)26-19-15-5-7-23-20(15)24-10-16(19)21-25-13(2)31-29-21/h3-5,7,10,12,17H,6,8,11H2,1-2H3,(H2,23,24,26)/t12-,17+/m1/s1. The number of aromatic nitrogens is 6. The normalized spacial score (nSPS) is 18.8. The fourth-order valence-corrected chi connectivity index (χ4v) is 3.95. The monoisotopic (exact) mass is 415 g/mol. The Morgan fingerprint density at radius 2 is 2.19 bits per heavy atom. The summed E-state index contributed by atoms with van der Waals surface area (Å²) >= 11 is 0. The van der Waals surface area contributed by atoms with Crippen LogP contribution in [-0.2, 0) is 0 Å². The van der Waals surface area contributed by atoms with Crippen LogP contribution in [0.15, 0.2) is 35.1 Å². The van der Waals surface area contributed by atoms with Gasteiger partial charge in [-0.3, -0.25) is 0 Å². The number of hydrogen-bond acceptors (Lipinski definition) is 9. The Labute approximate surface area is 178 Å². The van der Waals surface area contributed by atoms with Crippen molar-refractivity contribution in [2.75, 3.05) is 23.3 Å². The molecule has 2 atom stereocenters. The van der Waals surface area contributed by atoms with Crippen LogP contribution in [0, 0.1) is 24.2 Å². The van der Waals surface area contributed by atoms with E-state index in [1.54, 1.807) is 19.2 Å². The van der Waals surface area contributed by atoms with Crippen LogP contribution in [-0.4, -0.2) is 49.4 Å². The lowest BCUT2D eigenvalue weighted by Gasteiger charge is -2.38. The molecule has 1 aliphatic heterocycles. The Bertz CT molecular complexity index is 1250. The Morgan fingerprint density at radius 3 is 2.94 bits per heavy atom. The van der Waals surface area contributed by atoms with Gasteiger partial charge in [-0.05, 0) is 30.5 Å². The summed E-state index contributed by atoms with van der Waals surface area (Å²) < 4.78 is 5.20. The van der Waals surface area contributed by atoms with Gasteiger partial charge < -0.3 is 19.7 Å². The third-order valence-electron chi connectivity index (χ3n) is 5.73. The Hall–Kier alpha value is -4.00. The lowest BCUT2D eigenvalue weighted by Crippen LogP contribution is -2.47. The topological polar surface area (TPSA) is 132 Å². The first-order chi connectivity index (χ1) is 15.1. The summed E-state index contributed by atoms with van der Waals surface area (Å²) in [4.78, 5) is 14.3. The smallest absolute Gasteiger partial charge is 0.223 e. The van der Waals surface area contributed by atoms with E-state index in [-0.39, 0.29) is 6.04 Å². The van der Waals surface area contributed by atoms with Gasteiger partial charge in [0.2, 0.25) is 11.7 Å². The lowest BCUT2D eigenvalue weighted by atomic mass is 9.92. The molecule has 5 heterocycles. The molecule has 10 heteroatoms. The highest BCUT2D eigenvalue weighted by Gasteiger charge is 2.29. The molecule has 4 aromatic heterocycles. The minimum Gasteiger partial charge on any atom is -0.379 e. The van der Waals surface area contributed by atoms with Crippen LogP contribution in [0.25, 0.3) is 22.4 Å². The number of anilines is 2. The highest BCUT2D eigenvalue weighted by Crippen LogP contribution is 2.34. The zero-order valence-corrected chi connectivity index (χ0v) is 17.2. The first-order valence-corrected chi connectivity index (χ1v) is 10.1. The number of nitrogens with zero attached hydrogens (tertiary/aromatic N) is 7. The zero-order valence-electron chi connectivity index (χ0n) is 17.2. The summed E-state index contributed by atoms with van der Waals surface area (Å²) in [6.45, 7) is 5.64. The molecule has 31 heavy (non-hydrogen) atoms. The molecule has 0 spiro atoms. The number of nitrogens with one attached hydrogen (secondary N) is 2. The van der Waals surface area contributed by atoms with Gasteiger partial charge in [-0.25, -0.2) is 4.98 Å². The molecule has 156 valence electrons. The predicted molar refractivity (Wildman–Crippen MR) is 114 cm³/mol. The van der Waals surface area contributed by atoms with Crippen molar-refractivity contribution in [1.82, 2.24) is 30.3 Å². The maximum atomic E-state index is 8.97. The molecular formula is C21H21N9O. The van der Waals surface area contributed by atoms with Gasteiger partial charge in [-0.2, -0.15) is 10.2 Å². The number of nitriles is 1. The van der Waals surface area contributed by atoms with Crippen molar-refractivity contribution in [2.45, 2.75) is 26.3 Å². The third kappa shape index (κ3) is 3.54. The molecular weight excluding hydrogens is 394 g/mol. The summed E-state index contributed by atoms with van der Waals surface area (Å²) in [7, 11) is 0. The van der Waals surface area contributed by atoms with Crippen LogP contribution in [0.1, 0.15) is 24.9 Å². The fraction of sp³-hybridized carbons (Fsp3) is 0.333. The van der Waals surface area contributed by atoms with E-state index in [0.29, 0.717) is 23.3 Å². The molecule has 2 N–H and O–H groups in total. The van der Waals surface area contributed by atoms with Crippen LogP contribution >= 0.6 is 0 Å². The van der Waals surface area contributed by atoms with Crippen molar-refractivity contribution in [3.8, 4) is 17.5 Å². The maximum absolute atomic E-state index is 8.97. The van der Waals surface area contributed by atoms with Crippen LogP contribution in [0.5, 0.6) is 0 Å². The highest BCUT2D eigenvalue weighted by molar-refractivity contribution is 5.97. The number of fused-ring (bicyclic) bond motifs is 1. The van der Waals surface area contributed by atoms with Crippen molar-refractivity contribution in [3.05, 3.63) is 42.2 Å². The number of rotatable bonds is 4. The van der Waals surface area contributed by atoms with E-state index in [1.165, 1.54) is 0 Å².